The molecule has 0 aromatic rings. The highest BCUT2D eigenvalue weighted by Gasteiger charge is 2.21. The average Bonchev–Trinajstić information content (AvgIpc) is 2.28. The van der Waals surface area contributed by atoms with Crippen LogP contribution in [0.3, 0.4) is 0 Å². The summed E-state index contributed by atoms with van der Waals surface area (Å²) in [5.74, 6) is -0.869. The predicted molar refractivity (Wildman–Crippen MR) is 65.2 cm³/mol. The summed E-state index contributed by atoms with van der Waals surface area (Å²) in [6, 6.07) is -1.45. The first kappa shape index (κ1) is 16.7. The maximum absolute atomic E-state index is 11.5. The first-order chi connectivity index (χ1) is 8.40. The number of carbonyl (C=O) groups is 2. The molecule has 0 aromatic heterocycles. The molecule has 0 aliphatic rings. The van der Waals surface area contributed by atoms with E-state index in [4.69, 9.17) is 14.6 Å². The molecule has 3 N–H and O–H groups in total. The van der Waals surface area contributed by atoms with Crippen LogP contribution in [0, 0.1) is 5.92 Å². The van der Waals surface area contributed by atoms with Crippen molar-refractivity contribution in [2.24, 2.45) is 5.92 Å². The van der Waals surface area contributed by atoms with Crippen molar-refractivity contribution in [2.45, 2.75) is 32.6 Å². The van der Waals surface area contributed by atoms with Crippen LogP contribution in [0.4, 0.5) is 4.79 Å². The number of ether oxygens (including phenoxy) is 2. The average molecular weight is 262 g/mol. The molecule has 2 amide bonds. The number of hydrogen-bond acceptors (Lipinski definition) is 4. The Morgan fingerprint density at radius 2 is 1.78 bits per heavy atom. The molecule has 7 heteroatoms. The fourth-order valence-corrected chi connectivity index (χ4v) is 1.34. The summed E-state index contributed by atoms with van der Waals surface area (Å²) >= 11 is 0. The molecular weight excluding hydrogens is 240 g/mol. The lowest BCUT2D eigenvalue weighted by molar-refractivity contribution is -0.139. The van der Waals surface area contributed by atoms with Gasteiger partial charge in [0.15, 0.2) is 6.29 Å². The topological polar surface area (TPSA) is 96.9 Å². The second-order valence-corrected chi connectivity index (χ2v) is 4.28. The second-order valence-electron chi connectivity index (χ2n) is 4.28. The van der Waals surface area contributed by atoms with Crippen LogP contribution in [-0.2, 0) is 14.3 Å². The molecule has 1 unspecified atom stereocenters. The minimum Gasteiger partial charge on any atom is -0.480 e. The number of urea groups is 1. The lowest BCUT2D eigenvalue weighted by Gasteiger charge is -2.18. The zero-order valence-electron chi connectivity index (χ0n) is 11.2. The van der Waals surface area contributed by atoms with Gasteiger partial charge in [-0.05, 0) is 12.3 Å². The van der Waals surface area contributed by atoms with E-state index in [-0.39, 0.29) is 12.5 Å². The minimum absolute atomic E-state index is 0.146. The SMILES string of the molecule is COC(CNC(=O)NC(CC(C)C)C(=O)O)OC. The highest BCUT2D eigenvalue weighted by Crippen LogP contribution is 2.04. The van der Waals surface area contributed by atoms with E-state index in [1.807, 2.05) is 13.8 Å². The number of carboxylic acid groups (broad SMARTS) is 1. The van der Waals surface area contributed by atoms with Crippen molar-refractivity contribution in [3.63, 3.8) is 0 Å². The molecular formula is C11H22N2O5. The third-order valence-electron chi connectivity index (χ3n) is 2.27. The summed E-state index contributed by atoms with van der Waals surface area (Å²) in [7, 11) is 2.90. The Hall–Kier alpha value is -1.34. The maximum Gasteiger partial charge on any atom is 0.326 e. The lowest BCUT2D eigenvalue weighted by atomic mass is 10.0. The summed E-state index contributed by atoms with van der Waals surface area (Å²) < 4.78 is 9.77. The van der Waals surface area contributed by atoms with Crippen LogP contribution in [0.15, 0.2) is 0 Å². The number of carbonyl (C=O) groups excluding carboxylic acids is 1. The maximum atomic E-state index is 11.5. The van der Waals surface area contributed by atoms with Gasteiger partial charge in [0.05, 0.1) is 6.54 Å². The fourth-order valence-electron chi connectivity index (χ4n) is 1.34. The van der Waals surface area contributed by atoms with E-state index in [1.165, 1.54) is 14.2 Å². The van der Waals surface area contributed by atoms with Crippen LogP contribution >= 0.6 is 0 Å². The minimum atomic E-state index is -1.05. The van der Waals surface area contributed by atoms with Crippen molar-refractivity contribution in [2.75, 3.05) is 20.8 Å². The van der Waals surface area contributed by atoms with Crippen LogP contribution in [0.1, 0.15) is 20.3 Å². The lowest BCUT2D eigenvalue weighted by Crippen LogP contribution is -2.48. The molecule has 0 aliphatic carbocycles. The number of rotatable bonds is 8. The number of nitrogens with one attached hydrogen (secondary N) is 2. The summed E-state index contributed by atoms with van der Waals surface area (Å²) in [4.78, 5) is 22.4. The van der Waals surface area contributed by atoms with Crippen LogP contribution < -0.4 is 10.6 Å². The molecule has 7 nitrogen and oxygen atoms in total. The van der Waals surface area contributed by atoms with Gasteiger partial charge in [0.25, 0.3) is 0 Å². The normalized spacial score (nSPS) is 12.6. The largest absolute Gasteiger partial charge is 0.480 e. The zero-order valence-corrected chi connectivity index (χ0v) is 11.2. The van der Waals surface area contributed by atoms with Crippen LogP contribution in [0.2, 0.25) is 0 Å². The second kappa shape index (κ2) is 8.71. The van der Waals surface area contributed by atoms with E-state index in [0.717, 1.165) is 0 Å². The fraction of sp³-hybridized carbons (Fsp3) is 0.818. The molecule has 0 rings (SSSR count). The Balaban J connectivity index is 4.13. The van der Waals surface area contributed by atoms with Gasteiger partial charge in [0, 0.05) is 14.2 Å². The Labute approximate surface area is 107 Å². The van der Waals surface area contributed by atoms with E-state index in [1.54, 1.807) is 0 Å². The van der Waals surface area contributed by atoms with Gasteiger partial charge < -0.3 is 25.2 Å². The Kier molecular flexibility index (Phi) is 8.06. The van der Waals surface area contributed by atoms with Crippen LogP contribution in [-0.4, -0.2) is 50.2 Å². The molecule has 0 aliphatic heterocycles. The first-order valence-electron chi connectivity index (χ1n) is 5.73. The van der Waals surface area contributed by atoms with Gasteiger partial charge in [-0.1, -0.05) is 13.8 Å². The zero-order chi connectivity index (χ0) is 14.1. The monoisotopic (exact) mass is 262 g/mol. The first-order valence-corrected chi connectivity index (χ1v) is 5.73. The highest BCUT2D eigenvalue weighted by molar-refractivity contribution is 5.82. The van der Waals surface area contributed by atoms with E-state index in [2.05, 4.69) is 10.6 Å². The van der Waals surface area contributed by atoms with E-state index in [0.29, 0.717) is 6.42 Å². The molecule has 18 heavy (non-hydrogen) atoms. The van der Waals surface area contributed by atoms with Crippen molar-refractivity contribution in [1.82, 2.24) is 10.6 Å². The van der Waals surface area contributed by atoms with Crippen LogP contribution in [0.5, 0.6) is 0 Å². The standard InChI is InChI=1S/C11H22N2O5/c1-7(2)5-8(10(14)15)13-11(16)12-6-9(17-3)18-4/h7-9H,5-6H2,1-4H3,(H,14,15)(H2,12,13,16). The Morgan fingerprint density at radius 1 is 1.22 bits per heavy atom. The predicted octanol–water partition coefficient (Wildman–Crippen LogP) is 0.404. The smallest absolute Gasteiger partial charge is 0.326 e. The molecule has 0 radical (unpaired) electrons. The van der Waals surface area contributed by atoms with Crippen molar-refractivity contribution >= 4 is 12.0 Å². The molecule has 0 heterocycles. The van der Waals surface area contributed by atoms with Crippen molar-refractivity contribution in [3.8, 4) is 0 Å². The molecule has 0 bridgehead atoms. The molecule has 0 fully saturated rings. The molecule has 0 saturated heterocycles. The van der Waals surface area contributed by atoms with Gasteiger partial charge in [0.1, 0.15) is 6.04 Å². The van der Waals surface area contributed by atoms with Crippen molar-refractivity contribution in [1.29, 1.82) is 0 Å². The molecule has 1 atom stereocenters. The van der Waals surface area contributed by atoms with Gasteiger partial charge in [-0.3, -0.25) is 0 Å². The number of methoxy groups -OCH3 is 2. The van der Waals surface area contributed by atoms with E-state index >= 15 is 0 Å². The highest BCUT2D eigenvalue weighted by atomic mass is 16.7. The van der Waals surface area contributed by atoms with Crippen LogP contribution in [0.25, 0.3) is 0 Å². The quantitative estimate of drug-likeness (QED) is 0.550. The van der Waals surface area contributed by atoms with Gasteiger partial charge in [-0.15, -0.1) is 0 Å². The summed E-state index contributed by atoms with van der Waals surface area (Å²) in [5, 5.41) is 13.8. The van der Waals surface area contributed by atoms with Gasteiger partial charge in [0.2, 0.25) is 0 Å². The third kappa shape index (κ3) is 7.08. The molecule has 106 valence electrons. The summed E-state index contributed by atoms with van der Waals surface area (Å²) in [6.07, 6.45) is -0.176. The molecule has 0 saturated carbocycles. The molecule has 0 spiro atoms. The number of amides is 2. The molecule has 0 aromatic carbocycles. The summed E-state index contributed by atoms with van der Waals surface area (Å²) in [5.41, 5.74) is 0. The van der Waals surface area contributed by atoms with Gasteiger partial charge in [-0.2, -0.15) is 0 Å². The number of carboxylic acids is 1. The van der Waals surface area contributed by atoms with Crippen molar-refractivity contribution in [3.05, 3.63) is 0 Å². The van der Waals surface area contributed by atoms with Crippen molar-refractivity contribution < 1.29 is 24.2 Å². The van der Waals surface area contributed by atoms with E-state index in [9.17, 15) is 9.59 Å². The third-order valence-corrected chi connectivity index (χ3v) is 2.27. The van der Waals surface area contributed by atoms with Gasteiger partial charge >= 0.3 is 12.0 Å². The van der Waals surface area contributed by atoms with E-state index < -0.39 is 24.3 Å². The summed E-state index contributed by atoms with van der Waals surface area (Å²) in [6.45, 7) is 3.93. The number of hydrogen-bond donors (Lipinski definition) is 3. The van der Waals surface area contributed by atoms with Gasteiger partial charge in [-0.25, -0.2) is 9.59 Å². The number of aliphatic carboxylic acids is 1. The Bertz CT molecular complexity index is 266. The Morgan fingerprint density at radius 3 is 2.17 bits per heavy atom.